The van der Waals surface area contributed by atoms with Gasteiger partial charge in [0.05, 0.1) is 11.4 Å². The zero-order valence-corrected chi connectivity index (χ0v) is 18.2. The van der Waals surface area contributed by atoms with E-state index in [1.54, 1.807) is 48.6 Å². The monoisotopic (exact) mass is 452 g/mol. The quantitative estimate of drug-likeness (QED) is 0.333. The van der Waals surface area contributed by atoms with Crippen molar-refractivity contribution < 1.29 is 19.5 Å². The van der Waals surface area contributed by atoms with Crippen molar-refractivity contribution in [1.82, 2.24) is 10.6 Å². The minimum absolute atomic E-state index is 0.163. The number of carbonyl (C=O) groups is 3. The molecule has 0 bridgehead atoms. The standard InChI is InChI=1S/C23H24N4O4S/c1-2-25-22(29)19(27-23(30)31)12-14-5-7-15(8-6-14)21(28)26-18-13-16(9-10-17(18)24)20-4-3-11-32-20/h3-11,13,19,27H,2,12,24H2,1H3,(H,25,29)(H,26,28)(H,30,31)/t19-/m0/s1. The summed E-state index contributed by atoms with van der Waals surface area (Å²) in [6.07, 6.45) is -1.12. The maximum Gasteiger partial charge on any atom is 0.405 e. The van der Waals surface area contributed by atoms with Crippen LogP contribution in [0.25, 0.3) is 10.4 Å². The molecule has 3 amide bonds. The predicted molar refractivity (Wildman–Crippen MR) is 126 cm³/mol. The van der Waals surface area contributed by atoms with Gasteiger partial charge in [0, 0.05) is 23.4 Å². The number of rotatable bonds is 8. The van der Waals surface area contributed by atoms with E-state index in [9.17, 15) is 14.4 Å². The topological polar surface area (TPSA) is 134 Å². The number of hydrogen-bond acceptors (Lipinski definition) is 5. The van der Waals surface area contributed by atoms with Crippen molar-refractivity contribution >= 4 is 40.6 Å². The highest BCUT2D eigenvalue weighted by Crippen LogP contribution is 2.30. The molecule has 0 saturated heterocycles. The second kappa shape index (κ2) is 10.5. The second-order valence-electron chi connectivity index (χ2n) is 7.03. The molecule has 0 aliphatic rings. The van der Waals surface area contributed by atoms with Gasteiger partial charge in [0.1, 0.15) is 6.04 Å². The molecule has 3 aromatic rings. The summed E-state index contributed by atoms with van der Waals surface area (Å²) in [4.78, 5) is 36.9. The lowest BCUT2D eigenvalue weighted by Gasteiger charge is -2.16. The van der Waals surface area contributed by atoms with Gasteiger partial charge >= 0.3 is 6.09 Å². The molecule has 0 aliphatic heterocycles. The third-order valence-corrected chi connectivity index (χ3v) is 5.65. The molecule has 9 heteroatoms. The molecule has 0 aliphatic carbocycles. The number of nitrogens with one attached hydrogen (secondary N) is 3. The Kier molecular flexibility index (Phi) is 7.45. The van der Waals surface area contributed by atoms with Crippen LogP contribution >= 0.6 is 11.3 Å². The fraction of sp³-hybridized carbons (Fsp3) is 0.174. The minimum atomic E-state index is -1.28. The second-order valence-corrected chi connectivity index (χ2v) is 7.98. The van der Waals surface area contributed by atoms with Gasteiger partial charge < -0.3 is 26.8 Å². The van der Waals surface area contributed by atoms with Gasteiger partial charge in [-0.15, -0.1) is 11.3 Å². The van der Waals surface area contributed by atoms with Crippen LogP contribution in [0.5, 0.6) is 0 Å². The number of nitrogen functional groups attached to an aromatic ring is 1. The lowest BCUT2D eigenvalue weighted by atomic mass is 10.0. The molecule has 1 atom stereocenters. The molecule has 32 heavy (non-hydrogen) atoms. The first kappa shape index (κ1) is 22.8. The fourth-order valence-corrected chi connectivity index (χ4v) is 3.86. The van der Waals surface area contributed by atoms with E-state index in [1.165, 1.54) is 0 Å². The van der Waals surface area contributed by atoms with Gasteiger partial charge in [-0.2, -0.15) is 0 Å². The number of anilines is 2. The van der Waals surface area contributed by atoms with Crippen LogP contribution < -0.4 is 21.7 Å². The Morgan fingerprint density at radius 2 is 1.84 bits per heavy atom. The van der Waals surface area contributed by atoms with Gasteiger partial charge in [-0.3, -0.25) is 9.59 Å². The number of benzene rings is 2. The van der Waals surface area contributed by atoms with Gasteiger partial charge in [-0.25, -0.2) is 4.79 Å². The summed E-state index contributed by atoms with van der Waals surface area (Å²) in [5, 5.41) is 18.6. The van der Waals surface area contributed by atoms with Crippen LogP contribution in [0, 0.1) is 0 Å². The first-order valence-corrected chi connectivity index (χ1v) is 10.9. The van der Waals surface area contributed by atoms with Crippen LogP contribution in [0.4, 0.5) is 16.2 Å². The Morgan fingerprint density at radius 3 is 2.47 bits per heavy atom. The first-order chi connectivity index (χ1) is 15.4. The normalized spacial score (nSPS) is 11.4. The van der Waals surface area contributed by atoms with Gasteiger partial charge in [0.2, 0.25) is 5.91 Å². The molecule has 1 aromatic heterocycles. The smallest absolute Gasteiger partial charge is 0.405 e. The van der Waals surface area contributed by atoms with E-state index in [1.807, 2.05) is 29.6 Å². The van der Waals surface area contributed by atoms with Crippen molar-refractivity contribution in [1.29, 1.82) is 0 Å². The van der Waals surface area contributed by atoms with Crippen LogP contribution in [0.15, 0.2) is 60.0 Å². The lowest BCUT2D eigenvalue weighted by Crippen LogP contribution is -2.47. The van der Waals surface area contributed by atoms with Crippen molar-refractivity contribution in [2.24, 2.45) is 0 Å². The number of amides is 3. The maximum absolute atomic E-state index is 12.7. The zero-order chi connectivity index (χ0) is 23.1. The molecule has 8 nitrogen and oxygen atoms in total. The van der Waals surface area contributed by atoms with Crippen LogP contribution in [0.1, 0.15) is 22.8 Å². The number of carbonyl (C=O) groups excluding carboxylic acids is 2. The van der Waals surface area contributed by atoms with Gasteiger partial charge in [-0.1, -0.05) is 24.3 Å². The Labute approximate surface area is 189 Å². The average molecular weight is 453 g/mol. The summed E-state index contributed by atoms with van der Waals surface area (Å²) >= 11 is 1.60. The number of likely N-dealkylation sites (N-methyl/N-ethyl adjacent to an activating group) is 1. The van der Waals surface area contributed by atoms with Crippen molar-refractivity contribution in [3.05, 3.63) is 71.1 Å². The maximum atomic E-state index is 12.7. The summed E-state index contributed by atoms with van der Waals surface area (Å²) < 4.78 is 0. The highest BCUT2D eigenvalue weighted by Gasteiger charge is 2.20. The molecule has 2 aromatic carbocycles. The van der Waals surface area contributed by atoms with E-state index >= 15 is 0 Å². The van der Waals surface area contributed by atoms with Gasteiger partial charge in [0.15, 0.2) is 0 Å². The first-order valence-electron chi connectivity index (χ1n) is 9.98. The molecule has 0 spiro atoms. The van der Waals surface area contributed by atoms with Crippen LogP contribution in [-0.4, -0.2) is 35.6 Å². The molecule has 6 N–H and O–H groups in total. The number of nitrogens with two attached hydrogens (primary N) is 1. The number of thiophene rings is 1. The molecule has 3 rings (SSSR count). The van der Waals surface area contributed by atoms with E-state index in [2.05, 4.69) is 16.0 Å². The van der Waals surface area contributed by atoms with E-state index in [4.69, 9.17) is 10.8 Å². The summed E-state index contributed by atoms with van der Waals surface area (Å²) in [6, 6.07) is 15.2. The molecule has 0 unspecified atom stereocenters. The van der Waals surface area contributed by atoms with E-state index in [0.717, 1.165) is 10.4 Å². The minimum Gasteiger partial charge on any atom is -0.465 e. The van der Waals surface area contributed by atoms with E-state index in [0.29, 0.717) is 29.0 Å². The number of hydrogen-bond donors (Lipinski definition) is 5. The Hall–Kier alpha value is -3.85. The van der Waals surface area contributed by atoms with Crippen LogP contribution in [0.2, 0.25) is 0 Å². The molecule has 0 fully saturated rings. The molecule has 1 heterocycles. The van der Waals surface area contributed by atoms with Crippen LogP contribution in [0.3, 0.4) is 0 Å². The third-order valence-electron chi connectivity index (χ3n) is 4.73. The Bertz CT molecular complexity index is 1100. The van der Waals surface area contributed by atoms with Gasteiger partial charge in [0.25, 0.3) is 5.91 Å². The molecule has 166 valence electrons. The average Bonchev–Trinajstić information content (AvgIpc) is 3.30. The largest absolute Gasteiger partial charge is 0.465 e. The highest BCUT2D eigenvalue weighted by molar-refractivity contribution is 7.13. The Morgan fingerprint density at radius 1 is 1.09 bits per heavy atom. The van der Waals surface area contributed by atoms with Crippen LogP contribution in [-0.2, 0) is 11.2 Å². The fourth-order valence-electron chi connectivity index (χ4n) is 3.14. The third kappa shape index (κ3) is 5.86. The van der Waals surface area contributed by atoms with Crippen molar-refractivity contribution in [3.63, 3.8) is 0 Å². The molecular weight excluding hydrogens is 428 g/mol. The van der Waals surface area contributed by atoms with E-state index in [-0.39, 0.29) is 12.3 Å². The summed E-state index contributed by atoms with van der Waals surface area (Å²) in [6.45, 7) is 2.15. The predicted octanol–water partition coefficient (Wildman–Crippen LogP) is 3.56. The van der Waals surface area contributed by atoms with E-state index < -0.39 is 18.0 Å². The summed E-state index contributed by atoms with van der Waals surface area (Å²) in [5.74, 6) is -0.728. The highest BCUT2D eigenvalue weighted by atomic mass is 32.1. The van der Waals surface area contributed by atoms with Crippen molar-refractivity contribution in [3.8, 4) is 10.4 Å². The molecule has 0 radical (unpaired) electrons. The van der Waals surface area contributed by atoms with Crippen molar-refractivity contribution in [2.75, 3.05) is 17.6 Å². The molecular formula is C23H24N4O4S. The summed E-state index contributed by atoms with van der Waals surface area (Å²) in [7, 11) is 0. The SMILES string of the molecule is CCNC(=O)[C@H](Cc1ccc(C(=O)Nc2cc(-c3cccs3)ccc2N)cc1)NC(=O)O. The molecule has 0 saturated carbocycles. The zero-order valence-electron chi connectivity index (χ0n) is 17.4. The number of carboxylic acid groups (broad SMARTS) is 1. The van der Waals surface area contributed by atoms with Gasteiger partial charge in [-0.05, 0) is 53.8 Å². The Balaban J connectivity index is 1.70. The summed E-state index contributed by atoms with van der Waals surface area (Å²) in [5.41, 5.74) is 9.10. The van der Waals surface area contributed by atoms with Crippen molar-refractivity contribution in [2.45, 2.75) is 19.4 Å². The lowest BCUT2D eigenvalue weighted by molar-refractivity contribution is -0.122.